The molecular formula is C21H25FN2O2. The van der Waals surface area contributed by atoms with Gasteiger partial charge in [-0.15, -0.1) is 0 Å². The zero-order valence-electron chi connectivity index (χ0n) is 15.2. The number of piperidine rings is 1. The maximum Gasteiger partial charge on any atom is 0.225 e. The highest BCUT2D eigenvalue weighted by Crippen LogP contribution is 2.37. The van der Waals surface area contributed by atoms with E-state index in [1.54, 1.807) is 18.3 Å². The number of nitrogens with zero attached hydrogens (tertiary/aromatic N) is 2. The van der Waals surface area contributed by atoms with E-state index in [9.17, 15) is 9.18 Å². The van der Waals surface area contributed by atoms with Gasteiger partial charge in [0.15, 0.2) is 5.89 Å². The Morgan fingerprint density at radius 1 is 1.31 bits per heavy atom. The summed E-state index contributed by atoms with van der Waals surface area (Å²) in [5.41, 5.74) is 0.449. The van der Waals surface area contributed by atoms with Crippen molar-refractivity contribution in [2.45, 2.75) is 50.9 Å². The third kappa shape index (κ3) is 3.27. The van der Waals surface area contributed by atoms with Crippen LogP contribution < -0.4 is 0 Å². The van der Waals surface area contributed by atoms with E-state index in [2.05, 4.69) is 11.9 Å². The summed E-state index contributed by atoms with van der Waals surface area (Å²) < 4.78 is 19.8. The fourth-order valence-electron chi connectivity index (χ4n) is 3.85. The highest BCUT2D eigenvalue weighted by molar-refractivity contribution is 5.79. The van der Waals surface area contributed by atoms with Crippen LogP contribution in [0.15, 0.2) is 34.9 Å². The van der Waals surface area contributed by atoms with E-state index in [1.165, 1.54) is 12.5 Å². The van der Waals surface area contributed by atoms with Gasteiger partial charge < -0.3 is 9.32 Å². The number of rotatable bonds is 4. The summed E-state index contributed by atoms with van der Waals surface area (Å²) in [5, 5.41) is 0. The molecule has 2 fully saturated rings. The van der Waals surface area contributed by atoms with Crippen LogP contribution in [0.1, 0.15) is 56.2 Å². The van der Waals surface area contributed by atoms with Crippen LogP contribution >= 0.6 is 0 Å². The van der Waals surface area contributed by atoms with Gasteiger partial charge in [-0.2, -0.15) is 0 Å². The van der Waals surface area contributed by atoms with Crippen molar-refractivity contribution in [2.24, 2.45) is 5.92 Å². The third-order valence-corrected chi connectivity index (χ3v) is 6.03. The van der Waals surface area contributed by atoms with Crippen LogP contribution in [-0.4, -0.2) is 28.9 Å². The SMILES string of the molecule is CC1(c2ncc(Cc3ccccc3F)o2)CCN(C(=O)C2CCC2)CC1. The van der Waals surface area contributed by atoms with Crippen LogP contribution in [0.4, 0.5) is 4.39 Å². The molecule has 2 aromatic rings. The maximum absolute atomic E-state index is 13.8. The van der Waals surface area contributed by atoms with Gasteiger partial charge in [0.2, 0.25) is 5.91 Å². The number of hydrogen-bond donors (Lipinski definition) is 0. The molecule has 4 nitrogen and oxygen atoms in total. The zero-order valence-corrected chi connectivity index (χ0v) is 15.2. The number of hydrogen-bond acceptors (Lipinski definition) is 3. The van der Waals surface area contributed by atoms with Gasteiger partial charge in [0, 0.05) is 30.8 Å². The summed E-state index contributed by atoms with van der Waals surface area (Å²) in [4.78, 5) is 18.9. The lowest BCUT2D eigenvalue weighted by Crippen LogP contribution is -2.47. The first-order chi connectivity index (χ1) is 12.5. The summed E-state index contributed by atoms with van der Waals surface area (Å²) in [7, 11) is 0. The Morgan fingerprint density at radius 3 is 2.69 bits per heavy atom. The van der Waals surface area contributed by atoms with Crippen LogP contribution in [0, 0.1) is 11.7 Å². The maximum atomic E-state index is 13.8. The molecule has 4 rings (SSSR count). The molecule has 0 bridgehead atoms. The fraction of sp³-hybridized carbons (Fsp3) is 0.524. The number of likely N-dealkylation sites (tertiary alicyclic amines) is 1. The van der Waals surface area contributed by atoms with Gasteiger partial charge in [-0.25, -0.2) is 9.37 Å². The molecule has 1 amide bonds. The molecule has 5 heteroatoms. The Bertz CT molecular complexity index is 789. The first-order valence-electron chi connectivity index (χ1n) is 9.52. The summed E-state index contributed by atoms with van der Waals surface area (Å²) in [6.45, 7) is 3.67. The second-order valence-electron chi connectivity index (χ2n) is 7.91. The van der Waals surface area contributed by atoms with E-state index in [0.29, 0.717) is 29.5 Å². The van der Waals surface area contributed by atoms with Crippen LogP contribution in [0.5, 0.6) is 0 Å². The molecular weight excluding hydrogens is 331 g/mol. The predicted octanol–water partition coefficient (Wildman–Crippen LogP) is 4.08. The minimum absolute atomic E-state index is 0.163. The standard InChI is InChI=1S/C21H25FN2O2/c1-21(9-11-24(12-10-21)19(25)15-6-4-7-15)20-23-14-17(26-20)13-16-5-2-3-8-18(16)22/h2-3,5,8,14-15H,4,6-7,9-13H2,1H3. The van der Waals surface area contributed by atoms with Gasteiger partial charge in [0.05, 0.1) is 6.20 Å². The number of aromatic nitrogens is 1. The first kappa shape index (κ1) is 17.3. The largest absolute Gasteiger partial charge is 0.445 e. The number of oxazole rings is 1. The van der Waals surface area contributed by atoms with Crippen molar-refractivity contribution in [3.63, 3.8) is 0 Å². The minimum atomic E-state index is -0.223. The van der Waals surface area contributed by atoms with Crippen molar-refractivity contribution >= 4 is 5.91 Å². The van der Waals surface area contributed by atoms with E-state index in [-0.39, 0.29) is 17.2 Å². The van der Waals surface area contributed by atoms with Crippen LogP contribution in [0.3, 0.4) is 0 Å². The summed E-state index contributed by atoms with van der Waals surface area (Å²) in [6.07, 6.45) is 7.09. The molecule has 1 aliphatic heterocycles. The van der Waals surface area contributed by atoms with Crippen molar-refractivity contribution in [1.82, 2.24) is 9.88 Å². The van der Waals surface area contributed by atoms with E-state index in [1.807, 2.05) is 11.0 Å². The normalized spacial score (nSPS) is 20.0. The number of halogens is 1. The Kier molecular flexibility index (Phi) is 4.55. The molecule has 0 radical (unpaired) electrons. The van der Waals surface area contributed by atoms with Gasteiger partial charge in [0.1, 0.15) is 11.6 Å². The molecule has 1 saturated heterocycles. The molecule has 0 atom stereocenters. The topological polar surface area (TPSA) is 46.3 Å². The molecule has 1 saturated carbocycles. The molecule has 2 aliphatic rings. The summed E-state index contributed by atoms with van der Waals surface area (Å²) in [5.74, 6) is 1.75. The quantitative estimate of drug-likeness (QED) is 0.829. The zero-order chi connectivity index (χ0) is 18.1. The number of amides is 1. The van der Waals surface area contributed by atoms with E-state index in [0.717, 1.165) is 38.8 Å². The number of benzene rings is 1. The van der Waals surface area contributed by atoms with Crippen LogP contribution in [-0.2, 0) is 16.6 Å². The Hall–Kier alpha value is -2.17. The predicted molar refractivity (Wildman–Crippen MR) is 96.2 cm³/mol. The van der Waals surface area contributed by atoms with Gasteiger partial charge in [-0.05, 0) is 37.3 Å². The second-order valence-corrected chi connectivity index (χ2v) is 7.91. The molecule has 1 aromatic carbocycles. The summed E-state index contributed by atoms with van der Waals surface area (Å²) >= 11 is 0. The van der Waals surface area contributed by atoms with Crippen LogP contribution in [0.2, 0.25) is 0 Å². The van der Waals surface area contributed by atoms with Gasteiger partial charge in [-0.1, -0.05) is 31.5 Å². The fourth-order valence-corrected chi connectivity index (χ4v) is 3.85. The lowest BCUT2D eigenvalue weighted by atomic mass is 9.78. The van der Waals surface area contributed by atoms with Crippen molar-refractivity contribution < 1.29 is 13.6 Å². The van der Waals surface area contributed by atoms with Gasteiger partial charge in [-0.3, -0.25) is 4.79 Å². The third-order valence-electron chi connectivity index (χ3n) is 6.03. The molecule has 2 heterocycles. The molecule has 26 heavy (non-hydrogen) atoms. The molecule has 0 N–H and O–H groups in total. The monoisotopic (exact) mass is 356 g/mol. The van der Waals surface area contributed by atoms with E-state index in [4.69, 9.17) is 4.42 Å². The van der Waals surface area contributed by atoms with Gasteiger partial charge >= 0.3 is 0 Å². The molecule has 0 spiro atoms. The Morgan fingerprint density at radius 2 is 2.04 bits per heavy atom. The average molecular weight is 356 g/mol. The Labute approximate surface area is 153 Å². The smallest absolute Gasteiger partial charge is 0.225 e. The molecule has 0 unspecified atom stereocenters. The Balaban J connectivity index is 1.41. The minimum Gasteiger partial charge on any atom is -0.445 e. The number of carbonyl (C=O) groups is 1. The molecule has 1 aromatic heterocycles. The van der Waals surface area contributed by atoms with Crippen molar-refractivity contribution in [2.75, 3.05) is 13.1 Å². The average Bonchev–Trinajstić information content (AvgIpc) is 3.05. The van der Waals surface area contributed by atoms with Gasteiger partial charge in [0.25, 0.3) is 0 Å². The van der Waals surface area contributed by atoms with Crippen LogP contribution in [0.25, 0.3) is 0 Å². The first-order valence-corrected chi connectivity index (χ1v) is 9.52. The second kappa shape index (κ2) is 6.86. The molecule has 138 valence electrons. The lowest BCUT2D eigenvalue weighted by Gasteiger charge is -2.40. The van der Waals surface area contributed by atoms with Crippen molar-refractivity contribution in [3.8, 4) is 0 Å². The van der Waals surface area contributed by atoms with E-state index >= 15 is 0 Å². The van der Waals surface area contributed by atoms with Crippen molar-refractivity contribution in [3.05, 3.63) is 53.5 Å². The highest BCUT2D eigenvalue weighted by Gasteiger charge is 2.39. The molecule has 1 aliphatic carbocycles. The lowest BCUT2D eigenvalue weighted by molar-refractivity contribution is -0.139. The van der Waals surface area contributed by atoms with Crippen molar-refractivity contribution in [1.29, 1.82) is 0 Å². The highest BCUT2D eigenvalue weighted by atomic mass is 19.1. The van der Waals surface area contributed by atoms with E-state index < -0.39 is 0 Å². The summed E-state index contributed by atoms with van der Waals surface area (Å²) in [6, 6.07) is 6.74. The number of carbonyl (C=O) groups excluding carboxylic acids is 1.